The van der Waals surface area contributed by atoms with Gasteiger partial charge in [-0.05, 0) is 38.1 Å². The summed E-state index contributed by atoms with van der Waals surface area (Å²) in [5, 5.41) is 0. The Morgan fingerprint density at radius 2 is 2.25 bits per heavy atom. The number of hydrogen-bond donors (Lipinski definition) is 1. The first-order valence-electron chi connectivity index (χ1n) is 6.73. The zero-order valence-corrected chi connectivity index (χ0v) is 12.8. The van der Waals surface area contributed by atoms with Crippen LogP contribution in [0.25, 0.3) is 0 Å². The second-order valence-electron chi connectivity index (χ2n) is 5.39. The molecular formula is C13H22N4O2S. The van der Waals surface area contributed by atoms with Crippen molar-refractivity contribution in [2.45, 2.75) is 17.9 Å². The Morgan fingerprint density at radius 3 is 2.75 bits per heavy atom. The highest BCUT2D eigenvalue weighted by Crippen LogP contribution is 2.19. The average molecular weight is 298 g/mol. The van der Waals surface area contributed by atoms with Crippen molar-refractivity contribution in [2.24, 2.45) is 11.7 Å². The molecular weight excluding hydrogens is 276 g/mol. The van der Waals surface area contributed by atoms with Crippen LogP contribution in [0.3, 0.4) is 0 Å². The van der Waals surface area contributed by atoms with E-state index in [2.05, 4.69) is 16.9 Å². The van der Waals surface area contributed by atoms with Gasteiger partial charge in [0.05, 0.1) is 5.69 Å². The number of likely N-dealkylation sites (tertiary alicyclic amines) is 1. The first-order valence-corrected chi connectivity index (χ1v) is 8.17. The molecule has 1 saturated heterocycles. The van der Waals surface area contributed by atoms with Crippen LogP contribution in [0.1, 0.15) is 12.1 Å². The molecule has 1 unspecified atom stereocenters. The summed E-state index contributed by atoms with van der Waals surface area (Å²) >= 11 is 0. The number of hydrogen-bond acceptors (Lipinski definition) is 5. The van der Waals surface area contributed by atoms with E-state index in [-0.39, 0.29) is 4.90 Å². The highest BCUT2D eigenvalue weighted by Gasteiger charge is 2.27. The van der Waals surface area contributed by atoms with Gasteiger partial charge in [0.1, 0.15) is 4.90 Å². The fourth-order valence-corrected chi connectivity index (χ4v) is 3.69. The fraction of sp³-hybridized carbons (Fsp3) is 0.615. The molecule has 0 radical (unpaired) electrons. The molecule has 1 atom stereocenters. The van der Waals surface area contributed by atoms with Gasteiger partial charge in [0.2, 0.25) is 10.0 Å². The molecule has 2 heterocycles. The average Bonchev–Trinajstić information content (AvgIpc) is 2.84. The Kier molecular flexibility index (Phi) is 4.74. The second kappa shape index (κ2) is 6.17. The predicted octanol–water partition coefficient (Wildman–Crippen LogP) is 0.113. The Labute approximate surface area is 120 Å². The number of nitrogens with zero attached hydrogens (tertiary/aromatic N) is 3. The predicted molar refractivity (Wildman–Crippen MR) is 77.5 cm³/mol. The smallest absolute Gasteiger partial charge is 0.244 e. The molecule has 7 heteroatoms. The van der Waals surface area contributed by atoms with Gasteiger partial charge in [0.15, 0.2) is 0 Å². The Morgan fingerprint density at radius 1 is 1.50 bits per heavy atom. The topological polar surface area (TPSA) is 79.5 Å². The summed E-state index contributed by atoms with van der Waals surface area (Å²) in [5.41, 5.74) is 6.15. The summed E-state index contributed by atoms with van der Waals surface area (Å²) in [6.45, 7) is 2.84. The molecule has 2 rings (SSSR count). The van der Waals surface area contributed by atoms with Crippen molar-refractivity contribution in [1.82, 2.24) is 14.2 Å². The number of rotatable bonds is 5. The number of sulfonamides is 1. The molecule has 0 spiro atoms. The molecule has 0 bridgehead atoms. The van der Waals surface area contributed by atoms with Crippen LogP contribution in [-0.2, 0) is 16.6 Å². The normalized spacial score (nSPS) is 20.7. The molecule has 1 fully saturated rings. The van der Waals surface area contributed by atoms with E-state index >= 15 is 0 Å². The van der Waals surface area contributed by atoms with Gasteiger partial charge < -0.3 is 10.6 Å². The minimum atomic E-state index is -3.46. The molecule has 0 amide bonds. The van der Waals surface area contributed by atoms with Crippen LogP contribution in [0.2, 0.25) is 0 Å². The van der Waals surface area contributed by atoms with Crippen LogP contribution in [-0.4, -0.2) is 56.3 Å². The number of nitrogens with two attached hydrogens (primary N) is 1. The molecule has 1 aliphatic heterocycles. The minimum absolute atomic E-state index is 0.226. The maximum Gasteiger partial charge on any atom is 0.244 e. The standard InChI is InChI=1S/C13H22N4O2S/c1-16-6-5-11(9-16)10-17(2)20(18,19)13-4-3-12(7-14)15-8-13/h3-4,8,11H,5-7,9-10,14H2,1-2H3. The van der Waals surface area contributed by atoms with Crippen LogP contribution in [0.4, 0.5) is 0 Å². The monoisotopic (exact) mass is 298 g/mol. The van der Waals surface area contributed by atoms with E-state index in [9.17, 15) is 8.42 Å². The summed E-state index contributed by atoms with van der Waals surface area (Å²) in [6.07, 6.45) is 2.43. The van der Waals surface area contributed by atoms with Crippen LogP contribution in [0.5, 0.6) is 0 Å². The van der Waals surface area contributed by atoms with E-state index in [4.69, 9.17) is 5.73 Å². The van der Waals surface area contributed by atoms with Crippen molar-refractivity contribution in [3.05, 3.63) is 24.0 Å². The molecule has 0 aromatic carbocycles. The van der Waals surface area contributed by atoms with Gasteiger partial charge in [-0.2, -0.15) is 0 Å². The van der Waals surface area contributed by atoms with Gasteiger partial charge in [-0.1, -0.05) is 0 Å². The Bertz CT molecular complexity index is 544. The molecule has 1 aromatic rings. The lowest BCUT2D eigenvalue weighted by molar-refractivity contribution is 0.356. The van der Waals surface area contributed by atoms with Crippen molar-refractivity contribution in [1.29, 1.82) is 0 Å². The SMILES string of the molecule is CN1CCC(CN(C)S(=O)(=O)c2ccc(CN)nc2)C1. The third kappa shape index (κ3) is 3.35. The first-order chi connectivity index (χ1) is 9.43. The van der Waals surface area contributed by atoms with Crippen LogP contribution in [0, 0.1) is 5.92 Å². The number of pyridine rings is 1. The summed E-state index contributed by atoms with van der Waals surface area (Å²) in [6, 6.07) is 3.23. The van der Waals surface area contributed by atoms with Crippen LogP contribution in [0.15, 0.2) is 23.2 Å². The summed E-state index contributed by atoms with van der Waals surface area (Å²) in [5.74, 6) is 0.399. The van der Waals surface area contributed by atoms with E-state index < -0.39 is 10.0 Å². The third-order valence-electron chi connectivity index (χ3n) is 3.72. The maximum atomic E-state index is 12.4. The van der Waals surface area contributed by atoms with Crippen molar-refractivity contribution in [3.8, 4) is 0 Å². The zero-order valence-electron chi connectivity index (χ0n) is 12.0. The quantitative estimate of drug-likeness (QED) is 0.835. The molecule has 0 aliphatic carbocycles. The first kappa shape index (κ1) is 15.4. The molecule has 2 N–H and O–H groups in total. The molecule has 1 aromatic heterocycles. The van der Waals surface area contributed by atoms with Gasteiger partial charge in [-0.3, -0.25) is 4.98 Å². The van der Waals surface area contributed by atoms with E-state index in [0.717, 1.165) is 19.5 Å². The largest absolute Gasteiger partial charge is 0.325 e. The zero-order chi connectivity index (χ0) is 14.8. The lowest BCUT2D eigenvalue weighted by atomic mass is 10.1. The maximum absolute atomic E-state index is 12.4. The van der Waals surface area contributed by atoms with Gasteiger partial charge in [-0.25, -0.2) is 12.7 Å². The van der Waals surface area contributed by atoms with E-state index in [1.807, 2.05) is 0 Å². The summed E-state index contributed by atoms with van der Waals surface area (Å²) in [7, 11) is 0.232. The van der Waals surface area contributed by atoms with Gasteiger partial charge in [-0.15, -0.1) is 0 Å². The molecule has 112 valence electrons. The van der Waals surface area contributed by atoms with E-state index in [0.29, 0.717) is 24.7 Å². The van der Waals surface area contributed by atoms with Crippen molar-refractivity contribution in [2.75, 3.05) is 33.7 Å². The fourth-order valence-electron chi connectivity index (χ4n) is 2.50. The van der Waals surface area contributed by atoms with E-state index in [1.54, 1.807) is 19.2 Å². The summed E-state index contributed by atoms with van der Waals surface area (Å²) < 4.78 is 26.3. The second-order valence-corrected chi connectivity index (χ2v) is 7.44. The van der Waals surface area contributed by atoms with Gasteiger partial charge in [0, 0.05) is 32.9 Å². The van der Waals surface area contributed by atoms with Crippen LogP contribution >= 0.6 is 0 Å². The van der Waals surface area contributed by atoms with Crippen molar-refractivity contribution in [3.63, 3.8) is 0 Å². The molecule has 1 aliphatic rings. The van der Waals surface area contributed by atoms with Gasteiger partial charge >= 0.3 is 0 Å². The highest BCUT2D eigenvalue weighted by atomic mass is 32.2. The number of aromatic nitrogens is 1. The lowest BCUT2D eigenvalue weighted by Crippen LogP contribution is -2.33. The minimum Gasteiger partial charge on any atom is -0.325 e. The Hall–Kier alpha value is -1.02. The molecule has 20 heavy (non-hydrogen) atoms. The lowest BCUT2D eigenvalue weighted by Gasteiger charge is -2.20. The molecule has 0 saturated carbocycles. The van der Waals surface area contributed by atoms with Crippen molar-refractivity contribution < 1.29 is 8.42 Å². The van der Waals surface area contributed by atoms with E-state index in [1.165, 1.54) is 10.5 Å². The Balaban J connectivity index is 2.08. The summed E-state index contributed by atoms with van der Waals surface area (Å²) in [4.78, 5) is 6.50. The van der Waals surface area contributed by atoms with Gasteiger partial charge in [0.25, 0.3) is 0 Å². The highest BCUT2D eigenvalue weighted by molar-refractivity contribution is 7.89. The van der Waals surface area contributed by atoms with Crippen LogP contribution < -0.4 is 5.73 Å². The van der Waals surface area contributed by atoms with Crippen molar-refractivity contribution >= 4 is 10.0 Å². The molecule has 6 nitrogen and oxygen atoms in total. The third-order valence-corrected chi connectivity index (χ3v) is 5.53.